The third-order valence-electron chi connectivity index (χ3n) is 9.39. The van der Waals surface area contributed by atoms with E-state index in [0.717, 1.165) is 45.4 Å². The number of para-hydroxylation sites is 1. The molecule has 0 spiro atoms. The normalized spacial score (nSPS) is 13.3. The Morgan fingerprint density at radius 3 is 1.52 bits per heavy atom. The van der Waals surface area contributed by atoms with E-state index in [1.165, 1.54) is 16.7 Å². The second kappa shape index (κ2) is 13.4. The number of halogens is 1. The highest BCUT2D eigenvalue weighted by Gasteiger charge is 2.27. The third kappa shape index (κ3) is 7.37. The lowest BCUT2D eigenvalue weighted by Crippen LogP contribution is -2.20. The van der Waals surface area contributed by atoms with Gasteiger partial charge in [0.1, 0.15) is 13.2 Å². The van der Waals surface area contributed by atoms with E-state index in [9.17, 15) is 0 Å². The Bertz CT molecular complexity index is 1920. The van der Waals surface area contributed by atoms with E-state index in [2.05, 4.69) is 170 Å². The second-order valence-electron chi connectivity index (χ2n) is 16.5. The lowest BCUT2D eigenvalue weighted by atomic mass is 9.86. The van der Waals surface area contributed by atoms with E-state index in [1.807, 2.05) is 12.1 Å². The first-order chi connectivity index (χ1) is 23.5. The van der Waals surface area contributed by atoms with Crippen LogP contribution >= 0.6 is 11.6 Å². The van der Waals surface area contributed by atoms with Gasteiger partial charge in [-0.25, -0.2) is 0 Å². The van der Waals surface area contributed by atoms with Crippen molar-refractivity contribution in [2.45, 2.75) is 85.5 Å². The largest absolute Gasteiger partial charge is 0.486 e. The molecule has 0 N–H and O–H groups in total. The zero-order valence-electron chi connectivity index (χ0n) is 31.3. The number of nitrogens with zero attached hydrogens (tertiary/aromatic N) is 2. The number of ether oxygens (including phenoxy) is 2. The minimum absolute atomic E-state index is 0.0437. The molecule has 1 aliphatic heterocycles. The molecule has 5 heteroatoms. The van der Waals surface area contributed by atoms with Crippen molar-refractivity contribution in [1.29, 1.82) is 0 Å². The summed E-state index contributed by atoms with van der Waals surface area (Å²) in [6.07, 6.45) is 0. The van der Waals surface area contributed by atoms with Gasteiger partial charge in [-0.15, -0.1) is 0 Å². The van der Waals surface area contributed by atoms with Crippen molar-refractivity contribution in [3.8, 4) is 11.5 Å². The summed E-state index contributed by atoms with van der Waals surface area (Å²) in [6, 6.07) is 37.1. The lowest BCUT2D eigenvalue weighted by molar-refractivity contribution is 0.172. The van der Waals surface area contributed by atoms with E-state index >= 15 is 0 Å². The van der Waals surface area contributed by atoms with Crippen LogP contribution in [0.5, 0.6) is 11.5 Å². The molecule has 0 atom stereocenters. The van der Waals surface area contributed by atoms with Crippen LogP contribution in [0.2, 0.25) is 5.02 Å². The molecule has 50 heavy (non-hydrogen) atoms. The molecule has 0 fully saturated rings. The second-order valence-corrected chi connectivity index (χ2v) is 16.9. The van der Waals surface area contributed by atoms with Crippen LogP contribution in [0.15, 0.2) is 103 Å². The van der Waals surface area contributed by atoms with Crippen LogP contribution in [0.3, 0.4) is 0 Å². The Morgan fingerprint density at radius 1 is 0.500 bits per heavy atom. The molecule has 0 radical (unpaired) electrons. The smallest absolute Gasteiger partial charge is 0.185 e. The fraction of sp³-hybridized carbons (Fsp3) is 0.333. The van der Waals surface area contributed by atoms with E-state index in [0.29, 0.717) is 24.0 Å². The predicted molar refractivity (Wildman–Crippen MR) is 213 cm³/mol. The maximum atomic E-state index is 7.23. The summed E-state index contributed by atoms with van der Waals surface area (Å²) in [6.45, 7) is 23.3. The maximum Gasteiger partial charge on any atom is 0.185 e. The van der Waals surface area contributed by atoms with Crippen LogP contribution in [0, 0.1) is 6.92 Å². The average molecular weight is 687 g/mol. The molecule has 1 heterocycles. The van der Waals surface area contributed by atoms with Gasteiger partial charge in [0.25, 0.3) is 0 Å². The summed E-state index contributed by atoms with van der Waals surface area (Å²) in [5, 5.41) is 0.669. The van der Waals surface area contributed by atoms with Crippen LogP contribution < -0.4 is 19.3 Å². The first-order valence-corrected chi connectivity index (χ1v) is 18.0. The summed E-state index contributed by atoms with van der Waals surface area (Å²) in [7, 11) is 0. The van der Waals surface area contributed by atoms with Crippen LogP contribution in [0.25, 0.3) is 0 Å². The molecule has 0 unspecified atom stereocenters. The number of hydrogen-bond acceptors (Lipinski definition) is 4. The molecule has 0 saturated carbocycles. The Morgan fingerprint density at radius 2 is 1.00 bits per heavy atom. The first-order valence-electron chi connectivity index (χ1n) is 17.6. The van der Waals surface area contributed by atoms with Crippen molar-refractivity contribution < 1.29 is 9.47 Å². The minimum atomic E-state index is -0.0437. The van der Waals surface area contributed by atoms with Crippen molar-refractivity contribution in [1.82, 2.24) is 0 Å². The highest BCUT2D eigenvalue weighted by Crippen LogP contribution is 2.49. The molecule has 4 nitrogen and oxygen atoms in total. The van der Waals surface area contributed by atoms with Gasteiger partial charge in [0.15, 0.2) is 11.5 Å². The molecule has 0 bridgehead atoms. The monoisotopic (exact) mass is 686 g/mol. The van der Waals surface area contributed by atoms with Gasteiger partial charge in [0, 0.05) is 22.7 Å². The van der Waals surface area contributed by atoms with Gasteiger partial charge in [0.2, 0.25) is 0 Å². The topological polar surface area (TPSA) is 24.9 Å². The number of fused-ring (bicyclic) bond motifs is 1. The fourth-order valence-electron chi connectivity index (χ4n) is 6.47. The molecular formula is C45H51ClN2O2. The van der Waals surface area contributed by atoms with E-state index in [4.69, 9.17) is 21.1 Å². The SMILES string of the molecule is Cc1cc(N(c2ccc(C(C)(C)C)cc2)c2ccc(C(C)(C)C)cc2)cc(N(c2ccc(C(C)(C)C)cc2Cl)c2cccc3c2OCCO3)c1. The van der Waals surface area contributed by atoms with Gasteiger partial charge in [0.05, 0.1) is 16.4 Å². The molecule has 0 saturated heterocycles. The van der Waals surface area contributed by atoms with Crippen LogP contribution in [0.1, 0.15) is 84.6 Å². The van der Waals surface area contributed by atoms with Gasteiger partial charge in [-0.05, 0) is 112 Å². The van der Waals surface area contributed by atoms with Crippen LogP contribution in [-0.4, -0.2) is 13.2 Å². The van der Waals surface area contributed by atoms with Crippen molar-refractivity contribution in [3.05, 3.63) is 130 Å². The third-order valence-corrected chi connectivity index (χ3v) is 9.69. The Labute approximate surface area is 304 Å². The van der Waals surface area contributed by atoms with Gasteiger partial charge in [-0.1, -0.05) is 110 Å². The summed E-state index contributed by atoms with van der Waals surface area (Å²) in [4.78, 5) is 4.56. The van der Waals surface area contributed by atoms with Gasteiger partial charge in [-0.3, -0.25) is 0 Å². The minimum Gasteiger partial charge on any atom is -0.486 e. The highest BCUT2D eigenvalue weighted by molar-refractivity contribution is 6.33. The van der Waals surface area contributed by atoms with Gasteiger partial charge < -0.3 is 19.3 Å². The fourth-order valence-corrected chi connectivity index (χ4v) is 6.73. The molecule has 260 valence electrons. The number of hydrogen-bond donors (Lipinski definition) is 0. The molecule has 5 aromatic carbocycles. The number of rotatable bonds is 6. The molecule has 1 aliphatic rings. The molecule has 0 aromatic heterocycles. The summed E-state index contributed by atoms with van der Waals surface area (Å²) < 4.78 is 12.4. The Balaban J connectivity index is 1.57. The van der Waals surface area contributed by atoms with Gasteiger partial charge >= 0.3 is 0 Å². The lowest BCUT2D eigenvalue weighted by Gasteiger charge is -2.33. The molecule has 5 aromatic rings. The maximum absolute atomic E-state index is 7.23. The summed E-state index contributed by atoms with van der Waals surface area (Å²) in [5.41, 5.74) is 10.9. The summed E-state index contributed by atoms with van der Waals surface area (Å²) in [5.74, 6) is 1.44. The molecular weight excluding hydrogens is 636 g/mol. The number of benzene rings is 5. The summed E-state index contributed by atoms with van der Waals surface area (Å²) >= 11 is 7.23. The predicted octanol–water partition coefficient (Wildman–Crippen LogP) is 13.3. The van der Waals surface area contributed by atoms with E-state index in [-0.39, 0.29) is 16.2 Å². The van der Waals surface area contributed by atoms with Crippen molar-refractivity contribution in [3.63, 3.8) is 0 Å². The average Bonchev–Trinajstić information content (AvgIpc) is 3.05. The van der Waals surface area contributed by atoms with E-state index in [1.54, 1.807) is 0 Å². The zero-order chi connectivity index (χ0) is 36.0. The molecule has 0 aliphatic carbocycles. The quantitative estimate of drug-likeness (QED) is 0.177. The Kier molecular flexibility index (Phi) is 9.47. The number of aryl methyl sites for hydroxylation is 1. The van der Waals surface area contributed by atoms with E-state index < -0.39 is 0 Å². The highest BCUT2D eigenvalue weighted by atomic mass is 35.5. The van der Waals surface area contributed by atoms with Gasteiger partial charge in [-0.2, -0.15) is 0 Å². The molecule has 6 rings (SSSR count). The standard InChI is InChI=1S/C45H51ClN2O2/c1-30-26-36(47(34-19-14-31(15-20-34)43(2,3)4)35-21-16-32(17-22-35)44(5,6)7)29-37(27-30)48(39-23-18-33(28-38(39)46)45(8,9)10)40-12-11-13-41-42(40)50-25-24-49-41/h11-23,26-29H,24-25H2,1-10H3. The van der Waals surface area contributed by atoms with Crippen molar-refractivity contribution in [2.75, 3.05) is 23.0 Å². The van der Waals surface area contributed by atoms with Crippen LogP contribution in [0.4, 0.5) is 34.1 Å². The first kappa shape index (κ1) is 35.4. The van der Waals surface area contributed by atoms with Crippen molar-refractivity contribution >= 4 is 45.7 Å². The van der Waals surface area contributed by atoms with Crippen LogP contribution in [-0.2, 0) is 16.2 Å². The van der Waals surface area contributed by atoms with Crippen molar-refractivity contribution in [2.24, 2.45) is 0 Å². The Hall–Kier alpha value is -4.41. The zero-order valence-corrected chi connectivity index (χ0v) is 32.1. The number of anilines is 6. The molecule has 0 amide bonds.